The van der Waals surface area contributed by atoms with E-state index in [0.717, 1.165) is 64.3 Å². The molecule has 0 saturated heterocycles. The monoisotopic (exact) mass is 343 g/mol. The van der Waals surface area contributed by atoms with Crippen LogP contribution in [0, 0.1) is 6.92 Å². The Morgan fingerprint density at radius 2 is 1.72 bits per heavy atom. The van der Waals surface area contributed by atoms with Crippen LogP contribution in [0.3, 0.4) is 0 Å². The highest BCUT2D eigenvalue weighted by atomic mass is 19.4. The van der Waals surface area contributed by atoms with Gasteiger partial charge in [-0.2, -0.15) is 13.2 Å². The molecule has 2 aromatic carbocycles. The first-order valence-electron chi connectivity index (χ1n) is 8.02. The largest absolute Gasteiger partial charge is 0.416 e. The standard InChI is InChI=1S/C19H16F3N3/c1-11-17(18-23-8-9-24-18)15-10-13(4-7-16(15)25-11)12-2-5-14(6-3-12)19(20,21)22/h2-7,10,25H,8-9H2,1H3,(H,23,24). The predicted molar refractivity (Wildman–Crippen MR) is 92.9 cm³/mol. The zero-order valence-corrected chi connectivity index (χ0v) is 13.5. The molecule has 0 bridgehead atoms. The first kappa shape index (κ1) is 15.7. The fourth-order valence-corrected chi connectivity index (χ4v) is 3.23. The van der Waals surface area contributed by atoms with Gasteiger partial charge in [0, 0.05) is 28.7 Å². The summed E-state index contributed by atoms with van der Waals surface area (Å²) in [5.74, 6) is 0.869. The molecule has 4 rings (SSSR count). The van der Waals surface area contributed by atoms with Crippen molar-refractivity contribution >= 4 is 16.7 Å². The number of aryl methyl sites for hydroxylation is 1. The molecule has 6 heteroatoms. The van der Waals surface area contributed by atoms with Crippen LogP contribution in [0.5, 0.6) is 0 Å². The average molecular weight is 343 g/mol. The van der Waals surface area contributed by atoms with E-state index in [1.165, 1.54) is 12.1 Å². The van der Waals surface area contributed by atoms with Crippen molar-refractivity contribution in [1.29, 1.82) is 0 Å². The summed E-state index contributed by atoms with van der Waals surface area (Å²) >= 11 is 0. The Hall–Kier alpha value is -2.76. The Morgan fingerprint density at radius 3 is 2.36 bits per heavy atom. The summed E-state index contributed by atoms with van der Waals surface area (Å²) in [6.45, 7) is 3.57. The molecule has 0 unspecified atom stereocenters. The Labute approximate surface area is 142 Å². The molecule has 0 saturated carbocycles. The Bertz CT molecular complexity index is 966. The number of aliphatic imine (C=N–C) groups is 1. The molecule has 1 aliphatic heterocycles. The SMILES string of the molecule is Cc1[nH]c2ccc(-c3ccc(C(F)(F)F)cc3)cc2c1C1=NCCN1. The van der Waals surface area contributed by atoms with E-state index in [4.69, 9.17) is 0 Å². The van der Waals surface area contributed by atoms with Crippen LogP contribution in [-0.2, 0) is 6.18 Å². The number of aromatic amines is 1. The first-order chi connectivity index (χ1) is 11.9. The summed E-state index contributed by atoms with van der Waals surface area (Å²) in [7, 11) is 0. The van der Waals surface area contributed by atoms with Gasteiger partial charge in [-0.3, -0.25) is 4.99 Å². The van der Waals surface area contributed by atoms with Gasteiger partial charge in [0.25, 0.3) is 0 Å². The first-order valence-corrected chi connectivity index (χ1v) is 8.02. The summed E-state index contributed by atoms with van der Waals surface area (Å²) in [6, 6.07) is 11.1. The summed E-state index contributed by atoms with van der Waals surface area (Å²) in [4.78, 5) is 7.83. The molecular weight excluding hydrogens is 327 g/mol. The number of benzene rings is 2. The van der Waals surface area contributed by atoms with Gasteiger partial charge in [-0.25, -0.2) is 0 Å². The highest BCUT2D eigenvalue weighted by Crippen LogP contribution is 2.32. The molecule has 3 aromatic rings. The van der Waals surface area contributed by atoms with E-state index in [9.17, 15) is 13.2 Å². The maximum absolute atomic E-state index is 12.7. The third-order valence-electron chi connectivity index (χ3n) is 4.44. The van der Waals surface area contributed by atoms with Crippen LogP contribution in [0.15, 0.2) is 47.5 Å². The highest BCUT2D eigenvalue weighted by Gasteiger charge is 2.30. The number of rotatable bonds is 2. The van der Waals surface area contributed by atoms with Crippen molar-refractivity contribution in [2.45, 2.75) is 13.1 Å². The predicted octanol–water partition coefficient (Wildman–Crippen LogP) is 4.51. The number of hydrogen-bond acceptors (Lipinski definition) is 2. The summed E-state index contributed by atoms with van der Waals surface area (Å²) in [5.41, 5.74) is 4.02. The van der Waals surface area contributed by atoms with Crippen molar-refractivity contribution in [2.24, 2.45) is 4.99 Å². The van der Waals surface area contributed by atoms with Gasteiger partial charge < -0.3 is 10.3 Å². The van der Waals surface area contributed by atoms with Crippen LogP contribution in [0.1, 0.15) is 16.8 Å². The van der Waals surface area contributed by atoms with Gasteiger partial charge in [-0.1, -0.05) is 18.2 Å². The van der Waals surface area contributed by atoms with Crippen LogP contribution in [0.25, 0.3) is 22.0 Å². The third kappa shape index (κ3) is 2.77. The molecule has 2 N–H and O–H groups in total. The average Bonchev–Trinajstić information content (AvgIpc) is 3.20. The molecule has 0 aliphatic carbocycles. The maximum atomic E-state index is 12.7. The highest BCUT2D eigenvalue weighted by molar-refractivity contribution is 6.12. The van der Waals surface area contributed by atoms with E-state index >= 15 is 0 Å². The summed E-state index contributed by atoms with van der Waals surface area (Å²) in [6.07, 6.45) is -4.32. The van der Waals surface area contributed by atoms with E-state index in [0.29, 0.717) is 0 Å². The summed E-state index contributed by atoms with van der Waals surface area (Å²) in [5, 5.41) is 4.30. The van der Waals surface area contributed by atoms with E-state index in [2.05, 4.69) is 15.3 Å². The zero-order chi connectivity index (χ0) is 17.6. The van der Waals surface area contributed by atoms with Gasteiger partial charge in [0.15, 0.2) is 0 Å². The molecule has 3 nitrogen and oxygen atoms in total. The Kier molecular flexibility index (Phi) is 3.56. The minimum atomic E-state index is -4.32. The lowest BCUT2D eigenvalue weighted by Crippen LogP contribution is -2.19. The lowest BCUT2D eigenvalue weighted by molar-refractivity contribution is -0.137. The second kappa shape index (κ2) is 5.65. The maximum Gasteiger partial charge on any atom is 0.416 e. The van der Waals surface area contributed by atoms with Gasteiger partial charge in [-0.05, 0) is 42.3 Å². The Morgan fingerprint density at radius 1 is 1.00 bits per heavy atom. The van der Waals surface area contributed by atoms with Crippen LogP contribution >= 0.6 is 0 Å². The molecule has 25 heavy (non-hydrogen) atoms. The number of hydrogen-bond donors (Lipinski definition) is 2. The lowest BCUT2D eigenvalue weighted by atomic mass is 10.0. The number of H-pyrrole nitrogens is 1. The van der Waals surface area contributed by atoms with Crippen molar-refractivity contribution in [3.8, 4) is 11.1 Å². The molecule has 2 heterocycles. The quantitative estimate of drug-likeness (QED) is 0.706. The molecule has 0 atom stereocenters. The molecule has 0 spiro atoms. The summed E-state index contributed by atoms with van der Waals surface area (Å²) < 4.78 is 38.2. The fourth-order valence-electron chi connectivity index (χ4n) is 3.23. The van der Waals surface area contributed by atoms with Crippen molar-refractivity contribution in [3.05, 3.63) is 59.3 Å². The van der Waals surface area contributed by atoms with Crippen LogP contribution in [0.2, 0.25) is 0 Å². The van der Waals surface area contributed by atoms with Gasteiger partial charge in [-0.15, -0.1) is 0 Å². The molecule has 1 aromatic heterocycles. The minimum Gasteiger partial charge on any atom is -0.368 e. The zero-order valence-electron chi connectivity index (χ0n) is 13.5. The van der Waals surface area contributed by atoms with Gasteiger partial charge in [0.1, 0.15) is 5.84 Å². The lowest BCUT2D eigenvalue weighted by Gasteiger charge is -2.08. The van der Waals surface area contributed by atoms with E-state index in [-0.39, 0.29) is 0 Å². The number of nitrogens with one attached hydrogen (secondary N) is 2. The van der Waals surface area contributed by atoms with Gasteiger partial charge >= 0.3 is 6.18 Å². The number of fused-ring (bicyclic) bond motifs is 1. The molecule has 128 valence electrons. The van der Waals surface area contributed by atoms with E-state index < -0.39 is 11.7 Å². The fraction of sp³-hybridized carbons (Fsp3) is 0.211. The van der Waals surface area contributed by atoms with Crippen molar-refractivity contribution in [2.75, 3.05) is 13.1 Å². The van der Waals surface area contributed by atoms with Crippen molar-refractivity contribution in [3.63, 3.8) is 0 Å². The van der Waals surface area contributed by atoms with Crippen LogP contribution in [0.4, 0.5) is 13.2 Å². The van der Waals surface area contributed by atoms with Gasteiger partial charge in [0.2, 0.25) is 0 Å². The molecular formula is C19H16F3N3. The third-order valence-corrected chi connectivity index (χ3v) is 4.44. The van der Waals surface area contributed by atoms with E-state index in [1.54, 1.807) is 0 Å². The minimum absolute atomic E-state index is 0.639. The van der Waals surface area contributed by atoms with Crippen LogP contribution in [-0.4, -0.2) is 23.9 Å². The Balaban J connectivity index is 1.80. The normalized spacial score (nSPS) is 14.6. The number of nitrogens with zero attached hydrogens (tertiary/aromatic N) is 1. The van der Waals surface area contributed by atoms with Crippen molar-refractivity contribution < 1.29 is 13.2 Å². The smallest absolute Gasteiger partial charge is 0.368 e. The molecule has 0 fully saturated rings. The second-order valence-corrected chi connectivity index (χ2v) is 6.12. The van der Waals surface area contributed by atoms with Gasteiger partial charge in [0.05, 0.1) is 12.1 Å². The number of aromatic nitrogens is 1. The van der Waals surface area contributed by atoms with E-state index in [1.807, 2.05) is 25.1 Å². The molecule has 0 radical (unpaired) electrons. The van der Waals surface area contributed by atoms with Crippen molar-refractivity contribution in [1.82, 2.24) is 10.3 Å². The second-order valence-electron chi connectivity index (χ2n) is 6.12. The number of amidine groups is 1. The molecule has 1 aliphatic rings. The number of halogens is 3. The number of alkyl halides is 3. The molecule has 0 amide bonds. The topological polar surface area (TPSA) is 40.2 Å². The van der Waals surface area contributed by atoms with Crippen LogP contribution < -0.4 is 5.32 Å².